The van der Waals surface area contributed by atoms with Gasteiger partial charge in [-0.1, -0.05) is 12.1 Å². The van der Waals surface area contributed by atoms with Gasteiger partial charge in [0.1, 0.15) is 5.82 Å². The Bertz CT molecular complexity index is 661. The maximum atomic E-state index is 13.0. The number of benzene rings is 1. The average molecular weight is 353 g/mol. The first kappa shape index (κ1) is 17.5. The van der Waals surface area contributed by atoms with E-state index in [0.717, 1.165) is 5.75 Å². The van der Waals surface area contributed by atoms with Crippen molar-refractivity contribution >= 4 is 40.7 Å². The SMILES string of the molecule is C[C@@H](OC(=O)CSCc1cccs1)C(=O)Nc1cccc(F)c1. The van der Waals surface area contributed by atoms with Crippen LogP contribution in [-0.4, -0.2) is 23.7 Å². The van der Waals surface area contributed by atoms with Crippen molar-refractivity contribution in [1.82, 2.24) is 0 Å². The van der Waals surface area contributed by atoms with E-state index in [2.05, 4.69) is 5.32 Å². The van der Waals surface area contributed by atoms with Crippen LogP contribution in [-0.2, 0) is 20.1 Å². The molecule has 2 aromatic rings. The lowest BCUT2D eigenvalue weighted by Crippen LogP contribution is -2.30. The third kappa shape index (κ3) is 6.03. The van der Waals surface area contributed by atoms with Gasteiger partial charge in [0.05, 0.1) is 5.75 Å². The maximum absolute atomic E-state index is 13.0. The number of nitrogens with one attached hydrogen (secondary N) is 1. The molecule has 0 fully saturated rings. The zero-order valence-corrected chi connectivity index (χ0v) is 14.1. The van der Waals surface area contributed by atoms with Gasteiger partial charge in [-0.2, -0.15) is 0 Å². The Labute approximate surface area is 142 Å². The van der Waals surface area contributed by atoms with Crippen LogP contribution < -0.4 is 5.32 Å². The van der Waals surface area contributed by atoms with Crippen molar-refractivity contribution in [2.75, 3.05) is 11.1 Å². The van der Waals surface area contributed by atoms with Crippen LogP contribution in [0, 0.1) is 5.82 Å². The molecule has 1 aromatic heterocycles. The van der Waals surface area contributed by atoms with Gasteiger partial charge in [-0.3, -0.25) is 9.59 Å². The highest BCUT2D eigenvalue weighted by molar-refractivity contribution is 7.99. The number of amides is 1. The van der Waals surface area contributed by atoms with E-state index in [4.69, 9.17) is 4.74 Å². The first-order valence-corrected chi connectivity index (χ1v) is 8.94. The summed E-state index contributed by atoms with van der Waals surface area (Å²) in [5, 5.41) is 4.48. The van der Waals surface area contributed by atoms with E-state index < -0.39 is 23.8 Å². The molecule has 0 bridgehead atoms. The first-order chi connectivity index (χ1) is 11.0. The zero-order valence-electron chi connectivity index (χ0n) is 12.5. The first-order valence-electron chi connectivity index (χ1n) is 6.90. The van der Waals surface area contributed by atoms with Crippen LogP contribution >= 0.6 is 23.1 Å². The Balaban J connectivity index is 1.73. The van der Waals surface area contributed by atoms with Crippen molar-refractivity contribution in [3.8, 4) is 0 Å². The molecule has 1 N–H and O–H groups in total. The Kier molecular flexibility index (Phi) is 6.61. The summed E-state index contributed by atoms with van der Waals surface area (Å²) in [6.07, 6.45) is -0.937. The molecule has 0 unspecified atom stereocenters. The van der Waals surface area contributed by atoms with Crippen LogP contribution in [0.1, 0.15) is 11.8 Å². The molecule has 0 aliphatic rings. The molecular formula is C16H16FNO3S2. The summed E-state index contributed by atoms with van der Waals surface area (Å²) < 4.78 is 18.1. The van der Waals surface area contributed by atoms with Gasteiger partial charge in [0.25, 0.3) is 5.91 Å². The number of carbonyl (C=O) groups is 2. The van der Waals surface area contributed by atoms with Crippen LogP contribution in [0.3, 0.4) is 0 Å². The highest BCUT2D eigenvalue weighted by Crippen LogP contribution is 2.17. The number of anilines is 1. The van der Waals surface area contributed by atoms with Gasteiger partial charge < -0.3 is 10.1 Å². The third-order valence-electron chi connectivity index (χ3n) is 2.81. The summed E-state index contributed by atoms with van der Waals surface area (Å²) >= 11 is 3.06. The summed E-state index contributed by atoms with van der Waals surface area (Å²) in [5.74, 6) is -0.482. The van der Waals surface area contributed by atoms with Crippen molar-refractivity contribution in [2.45, 2.75) is 18.8 Å². The van der Waals surface area contributed by atoms with Gasteiger partial charge in [-0.25, -0.2) is 4.39 Å². The van der Waals surface area contributed by atoms with Crippen LogP contribution in [0.5, 0.6) is 0 Å². The second kappa shape index (κ2) is 8.69. The fourth-order valence-electron chi connectivity index (χ4n) is 1.72. The zero-order chi connectivity index (χ0) is 16.7. The third-order valence-corrected chi connectivity index (χ3v) is 4.83. The molecule has 0 aliphatic heterocycles. The molecule has 1 atom stereocenters. The molecule has 7 heteroatoms. The maximum Gasteiger partial charge on any atom is 0.316 e. The van der Waals surface area contributed by atoms with Gasteiger partial charge in [-0.15, -0.1) is 23.1 Å². The number of halogens is 1. The molecule has 1 heterocycles. The summed E-state index contributed by atoms with van der Waals surface area (Å²) in [6, 6.07) is 9.48. The van der Waals surface area contributed by atoms with E-state index in [0.29, 0.717) is 5.69 Å². The molecule has 122 valence electrons. The molecule has 1 aromatic carbocycles. The van der Waals surface area contributed by atoms with Gasteiger partial charge >= 0.3 is 5.97 Å². The van der Waals surface area contributed by atoms with E-state index >= 15 is 0 Å². The van der Waals surface area contributed by atoms with E-state index in [1.165, 1.54) is 41.8 Å². The Morgan fingerprint density at radius 2 is 2.17 bits per heavy atom. The molecule has 0 saturated heterocycles. The largest absolute Gasteiger partial charge is 0.452 e. The molecule has 0 spiro atoms. The number of ether oxygens (including phenoxy) is 1. The van der Waals surface area contributed by atoms with E-state index in [1.807, 2.05) is 17.5 Å². The Morgan fingerprint density at radius 1 is 1.35 bits per heavy atom. The molecule has 23 heavy (non-hydrogen) atoms. The predicted octanol–water partition coefficient (Wildman–Crippen LogP) is 3.69. The number of carbonyl (C=O) groups excluding carboxylic acids is 2. The molecule has 0 radical (unpaired) electrons. The highest BCUT2D eigenvalue weighted by Gasteiger charge is 2.18. The smallest absolute Gasteiger partial charge is 0.316 e. The number of hydrogen-bond donors (Lipinski definition) is 1. The molecule has 0 saturated carbocycles. The van der Waals surface area contributed by atoms with Crippen molar-refractivity contribution in [2.24, 2.45) is 0 Å². The quantitative estimate of drug-likeness (QED) is 0.772. The lowest BCUT2D eigenvalue weighted by molar-refractivity contribution is -0.150. The molecular weight excluding hydrogens is 337 g/mol. The second-order valence-corrected chi connectivity index (χ2v) is 6.72. The monoisotopic (exact) mass is 353 g/mol. The Morgan fingerprint density at radius 3 is 2.87 bits per heavy atom. The number of thioether (sulfide) groups is 1. The second-order valence-electron chi connectivity index (χ2n) is 4.70. The van der Waals surface area contributed by atoms with Crippen LogP contribution in [0.2, 0.25) is 0 Å². The number of esters is 1. The van der Waals surface area contributed by atoms with Crippen molar-refractivity contribution in [3.05, 3.63) is 52.5 Å². The normalized spacial score (nSPS) is 11.7. The van der Waals surface area contributed by atoms with Gasteiger partial charge in [0.15, 0.2) is 6.10 Å². The molecule has 4 nitrogen and oxygen atoms in total. The van der Waals surface area contributed by atoms with E-state index in [1.54, 1.807) is 17.4 Å². The summed E-state index contributed by atoms with van der Waals surface area (Å²) in [6.45, 7) is 1.48. The van der Waals surface area contributed by atoms with Crippen molar-refractivity contribution in [1.29, 1.82) is 0 Å². The highest BCUT2D eigenvalue weighted by atomic mass is 32.2. The standard InChI is InChI=1S/C16H16FNO3S2/c1-11(16(20)18-13-5-2-4-12(17)8-13)21-15(19)10-22-9-14-6-3-7-23-14/h2-8,11H,9-10H2,1H3,(H,18,20)/t11-/m1/s1. The topological polar surface area (TPSA) is 55.4 Å². The lowest BCUT2D eigenvalue weighted by atomic mass is 10.3. The van der Waals surface area contributed by atoms with Crippen molar-refractivity contribution in [3.63, 3.8) is 0 Å². The van der Waals surface area contributed by atoms with Crippen LogP contribution in [0.15, 0.2) is 41.8 Å². The van der Waals surface area contributed by atoms with Gasteiger partial charge in [0, 0.05) is 16.3 Å². The summed E-state index contributed by atoms with van der Waals surface area (Å²) in [4.78, 5) is 24.8. The van der Waals surface area contributed by atoms with Crippen molar-refractivity contribution < 1.29 is 18.7 Å². The van der Waals surface area contributed by atoms with Gasteiger partial charge in [0.2, 0.25) is 0 Å². The van der Waals surface area contributed by atoms with Crippen LogP contribution in [0.4, 0.5) is 10.1 Å². The van der Waals surface area contributed by atoms with Gasteiger partial charge in [-0.05, 0) is 36.6 Å². The molecule has 0 aliphatic carbocycles. The summed E-state index contributed by atoms with van der Waals surface area (Å²) in [7, 11) is 0. The number of hydrogen-bond acceptors (Lipinski definition) is 5. The van der Waals surface area contributed by atoms with Crippen LogP contribution in [0.25, 0.3) is 0 Å². The van der Waals surface area contributed by atoms with E-state index in [9.17, 15) is 14.0 Å². The molecule has 1 amide bonds. The minimum absolute atomic E-state index is 0.176. The average Bonchev–Trinajstić information content (AvgIpc) is 3.00. The minimum Gasteiger partial charge on any atom is -0.452 e. The van der Waals surface area contributed by atoms with E-state index in [-0.39, 0.29) is 5.75 Å². The summed E-state index contributed by atoms with van der Waals surface area (Å²) in [5.41, 5.74) is 0.324. The predicted molar refractivity (Wildman–Crippen MR) is 91.1 cm³/mol. The minimum atomic E-state index is -0.937. The lowest BCUT2D eigenvalue weighted by Gasteiger charge is -2.13. The number of rotatable bonds is 7. The Hall–Kier alpha value is -1.86. The fraction of sp³-hybridized carbons (Fsp3) is 0.250. The molecule has 2 rings (SSSR count). The fourth-order valence-corrected chi connectivity index (χ4v) is 3.37. The number of thiophene rings is 1.